The summed E-state index contributed by atoms with van der Waals surface area (Å²) in [5, 5.41) is 4.41. The molecule has 4 heteroatoms. The lowest BCUT2D eigenvalue weighted by atomic mass is 9.89. The average molecular weight is 374 g/mol. The second kappa shape index (κ2) is 8.34. The summed E-state index contributed by atoms with van der Waals surface area (Å²) in [5.41, 5.74) is 3.47. The first-order valence-electron chi connectivity index (χ1n) is 9.89. The number of carbonyl (C=O) groups excluding carboxylic acids is 1. The van der Waals surface area contributed by atoms with Crippen LogP contribution in [0.15, 0.2) is 66.9 Å². The summed E-state index contributed by atoms with van der Waals surface area (Å²) >= 11 is 0. The molecule has 1 aliphatic carbocycles. The van der Waals surface area contributed by atoms with Crippen molar-refractivity contribution in [2.24, 2.45) is 5.92 Å². The van der Waals surface area contributed by atoms with Crippen molar-refractivity contribution < 1.29 is 9.53 Å². The van der Waals surface area contributed by atoms with Crippen molar-refractivity contribution in [1.82, 2.24) is 10.3 Å². The summed E-state index contributed by atoms with van der Waals surface area (Å²) in [7, 11) is 1.67. The number of aromatic nitrogens is 1. The van der Waals surface area contributed by atoms with Gasteiger partial charge in [0, 0.05) is 35.5 Å². The molecule has 2 atom stereocenters. The maximum absolute atomic E-state index is 12.7. The Labute approximate surface area is 165 Å². The third-order valence-corrected chi connectivity index (χ3v) is 5.64. The van der Waals surface area contributed by atoms with Gasteiger partial charge in [0.15, 0.2) is 0 Å². The van der Waals surface area contributed by atoms with Gasteiger partial charge >= 0.3 is 0 Å². The Kier molecular flexibility index (Phi) is 5.47. The molecule has 4 rings (SSSR count). The van der Waals surface area contributed by atoms with Crippen LogP contribution in [0.3, 0.4) is 0 Å². The second-order valence-corrected chi connectivity index (χ2v) is 7.34. The van der Waals surface area contributed by atoms with Gasteiger partial charge in [-0.3, -0.25) is 4.79 Å². The molecule has 0 aliphatic heterocycles. The van der Waals surface area contributed by atoms with Crippen LogP contribution in [-0.4, -0.2) is 24.5 Å². The molecule has 0 fully saturated rings. The van der Waals surface area contributed by atoms with E-state index in [2.05, 4.69) is 59.0 Å². The molecule has 2 aromatic carbocycles. The van der Waals surface area contributed by atoms with E-state index in [-0.39, 0.29) is 17.7 Å². The van der Waals surface area contributed by atoms with Crippen LogP contribution < -0.4 is 10.1 Å². The number of nitrogens with one attached hydrogen (secondary N) is 2. The third kappa shape index (κ3) is 3.81. The summed E-state index contributed by atoms with van der Waals surface area (Å²) in [6, 6.07) is 16.4. The van der Waals surface area contributed by atoms with Crippen LogP contribution in [0.1, 0.15) is 36.3 Å². The summed E-state index contributed by atoms with van der Waals surface area (Å²) in [6.07, 6.45) is 9.11. The Balaban J connectivity index is 1.61. The molecule has 28 heavy (non-hydrogen) atoms. The van der Waals surface area contributed by atoms with Gasteiger partial charge in [-0.2, -0.15) is 0 Å². The van der Waals surface area contributed by atoms with Crippen molar-refractivity contribution in [1.29, 1.82) is 0 Å². The second-order valence-electron chi connectivity index (χ2n) is 7.34. The molecule has 0 saturated carbocycles. The zero-order valence-electron chi connectivity index (χ0n) is 16.2. The SMILES string of the molecule is COc1ccc([C@H](CNC(=O)[C@@H]2CC=CCC2)c2c[nH]c3ccccc23)cc1. The maximum Gasteiger partial charge on any atom is 0.223 e. The number of carbonyl (C=O) groups is 1. The van der Waals surface area contributed by atoms with Crippen LogP contribution >= 0.6 is 0 Å². The van der Waals surface area contributed by atoms with E-state index in [1.54, 1.807) is 7.11 Å². The molecule has 0 radical (unpaired) electrons. The number of para-hydroxylation sites is 1. The lowest BCUT2D eigenvalue weighted by molar-refractivity contribution is -0.125. The normalized spacial score (nSPS) is 17.4. The molecule has 0 bridgehead atoms. The van der Waals surface area contributed by atoms with Gasteiger partial charge in [-0.15, -0.1) is 0 Å². The summed E-state index contributed by atoms with van der Waals surface area (Å²) in [6.45, 7) is 0.577. The zero-order chi connectivity index (χ0) is 19.3. The summed E-state index contributed by atoms with van der Waals surface area (Å²) < 4.78 is 5.31. The number of ether oxygens (including phenoxy) is 1. The van der Waals surface area contributed by atoms with Crippen molar-refractivity contribution in [2.45, 2.75) is 25.2 Å². The molecular formula is C24H26N2O2. The fourth-order valence-corrected chi connectivity index (χ4v) is 4.00. The van der Waals surface area contributed by atoms with E-state index in [1.807, 2.05) is 18.2 Å². The Morgan fingerprint density at radius 1 is 1.18 bits per heavy atom. The zero-order valence-corrected chi connectivity index (χ0v) is 16.2. The number of fused-ring (bicyclic) bond motifs is 1. The third-order valence-electron chi connectivity index (χ3n) is 5.64. The lowest BCUT2D eigenvalue weighted by Gasteiger charge is -2.22. The Morgan fingerprint density at radius 2 is 2.00 bits per heavy atom. The van der Waals surface area contributed by atoms with Crippen LogP contribution in [0.25, 0.3) is 10.9 Å². The Morgan fingerprint density at radius 3 is 2.75 bits per heavy atom. The number of benzene rings is 2. The molecular weight excluding hydrogens is 348 g/mol. The van der Waals surface area contributed by atoms with Gasteiger partial charge in [-0.25, -0.2) is 0 Å². The maximum atomic E-state index is 12.7. The van der Waals surface area contributed by atoms with Gasteiger partial charge in [-0.1, -0.05) is 42.5 Å². The standard InChI is InChI=1S/C24H26N2O2/c1-28-19-13-11-17(12-14-19)21(15-26-24(27)18-7-3-2-4-8-18)22-16-25-23-10-6-5-9-20(22)23/h2-3,5-6,9-14,16,18,21,25H,4,7-8,15H2,1H3,(H,26,27)/t18-,21+/m1/s1. The minimum atomic E-state index is 0.0742. The number of H-pyrrole nitrogens is 1. The van der Waals surface area contributed by atoms with Crippen LogP contribution in [0.4, 0.5) is 0 Å². The Bertz CT molecular complexity index is 972. The fourth-order valence-electron chi connectivity index (χ4n) is 4.00. The number of rotatable bonds is 6. The van der Waals surface area contributed by atoms with E-state index in [9.17, 15) is 4.79 Å². The minimum absolute atomic E-state index is 0.0742. The number of hydrogen-bond acceptors (Lipinski definition) is 2. The quantitative estimate of drug-likeness (QED) is 0.610. The molecule has 1 aliphatic rings. The van der Waals surface area contributed by atoms with Gasteiger partial charge in [0.2, 0.25) is 5.91 Å². The summed E-state index contributed by atoms with van der Waals surface area (Å²) in [5.74, 6) is 1.15. The van der Waals surface area contributed by atoms with Crippen molar-refractivity contribution in [3.8, 4) is 5.75 Å². The van der Waals surface area contributed by atoms with Crippen LogP contribution in [0, 0.1) is 5.92 Å². The van der Waals surface area contributed by atoms with Gasteiger partial charge in [0.25, 0.3) is 0 Å². The first-order chi connectivity index (χ1) is 13.8. The summed E-state index contributed by atoms with van der Waals surface area (Å²) in [4.78, 5) is 16.1. The molecule has 2 N–H and O–H groups in total. The van der Waals surface area contributed by atoms with Crippen LogP contribution in [0.2, 0.25) is 0 Å². The van der Waals surface area contributed by atoms with Gasteiger partial charge in [-0.05, 0) is 48.6 Å². The van der Waals surface area contributed by atoms with E-state index in [0.717, 1.165) is 36.1 Å². The topological polar surface area (TPSA) is 54.1 Å². The van der Waals surface area contributed by atoms with Gasteiger partial charge < -0.3 is 15.0 Å². The Hall–Kier alpha value is -3.01. The molecule has 0 saturated heterocycles. The highest BCUT2D eigenvalue weighted by Gasteiger charge is 2.22. The molecule has 0 spiro atoms. The molecule has 144 valence electrons. The van der Waals surface area contributed by atoms with Crippen LogP contribution in [-0.2, 0) is 4.79 Å². The molecule has 0 unspecified atom stereocenters. The van der Waals surface area contributed by atoms with Crippen LogP contribution in [0.5, 0.6) is 5.75 Å². The minimum Gasteiger partial charge on any atom is -0.497 e. The van der Waals surface area contributed by atoms with Crippen molar-refractivity contribution in [2.75, 3.05) is 13.7 Å². The first kappa shape index (κ1) is 18.4. The number of aromatic amines is 1. The van der Waals surface area contributed by atoms with E-state index >= 15 is 0 Å². The fraction of sp³-hybridized carbons (Fsp3) is 0.292. The first-order valence-corrected chi connectivity index (χ1v) is 9.89. The van der Waals surface area contributed by atoms with E-state index in [1.165, 1.54) is 10.9 Å². The number of amides is 1. The smallest absolute Gasteiger partial charge is 0.223 e. The van der Waals surface area contributed by atoms with Crippen molar-refractivity contribution in [3.63, 3.8) is 0 Å². The van der Waals surface area contributed by atoms with Gasteiger partial charge in [0.05, 0.1) is 7.11 Å². The van der Waals surface area contributed by atoms with Crippen molar-refractivity contribution in [3.05, 3.63) is 78.0 Å². The number of methoxy groups -OCH3 is 1. The molecule has 1 amide bonds. The predicted octanol–water partition coefficient (Wildman–Crippen LogP) is 4.78. The molecule has 3 aromatic rings. The van der Waals surface area contributed by atoms with E-state index in [0.29, 0.717) is 6.54 Å². The highest BCUT2D eigenvalue weighted by atomic mass is 16.5. The molecule has 4 nitrogen and oxygen atoms in total. The number of allylic oxidation sites excluding steroid dienone is 2. The van der Waals surface area contributed by atoms with Gasteiger partial charge in [0.1, 0.15) is 5.75 Å². The monoisotopic (exact) mass is 374 g/mol. The average Bonchev–Trinajstić information content (AvgIpc) is 3.19. The highest BCUT2D eigenvalue weighted by Crippen LogP contribution is 2.31. The molecule has 1 aromatic heterocycles. The highest BCUT2D eigenvalue weighted by molar-refractivity contribution is 5.84. The predicted molar refractivity (Wildman–Crippen MR) is 113 cm³/mol. The number of hydrogen-bond donors (Lipinski definition) is 2. The lowest BCUT2D eigenvalue weighted by Crippen LogP contribution is -2.34. The van der Waals surface area contributed by atoms with E-state index in [4.69, 9.17) is 4.74 Å². The van der Waals surface area contributed by atoms with Crippen molar-refractivity contribution >= 4 is 16.8 Å². The largest absolute Gasteiger partial charge is 0.497 e. The van der Waals surface area contributed by atoms with E-state index < -0.39 is 0 Å². The molecule has 1 heterocycles.